The number of nitrogens with zero attached hydrogens (tertiary/aromatic N) is 5. The zero-order valence-electron chi connectivity index (χ0n) is 25.2. The summed E-state index contributed by atoms with van der Waals surface area (Å²) in [5, 5.41) is 15.3. The van der Waals surface area contributed by atoms with Crippen LogP contribution in [0.25, 0.3) is 21.6 Å². The summed E-state index contributed by atoms with van der Waals surface area (Å²) in [6, 6.07) is 12.5. The number of anilines is 1. The van der Waals surface area contributed by atoms with Crippen molar-refractivity contribution >= 4 is 39.8 Å². The Morgan fingerprint density at radius 3 is 2.66 bits per heavy atom. The van der Waals surface area contributed by atoms with E-state index in [9.17, 15) is 5.11 Å². The maximum Gasteiger partial charge on any atom is 0.226 e. The number of piperidine rings is 1. The van der Waals surface area contributed by atoms with Crippen molar-refractivity contribution in [2.45, 2.75) is 70.6 Å². The summed E-state index contributed by atoms with van der Waals surface area (Å²) < 4.78 is 7.65. The van der Waals surface area contributed by atoms with Crippen LogP contribution in [0.3, 0.4) is 0 Å². The van der Waals surface area contributed by atoms with E-state index in [0.29, 0.717) is 29.2 Å². The highest BCUT2D eigenvalue weighted by Crippen LogP contribution is 2.46. The summed E-state index contributed by atoms with van der Waals surface area (Å²) in [4.78, 5) is 16.5. The molecule has 10 heteroatoms. The fraction of sp³-hybridized carbons (Fsp3) is 0.441. The smallest absolute Gasteiger partial charge is 0.226 e. The molecule has 44 heavy (non-hydrogen) atoms. The molecule has 3 atom stereocenters. The molecule has 0 unspecified atom stereocenters. The maximum atomic E-state index is 11.4. The first-order valence-electron chi connectivity index (χ1n) is 15.6. The second-order valence-corrected chi connectivity index (χ2v) is 14.0. The topological polar surface area (TPSA) is 106 Å². The van der Waals surface area contributed by atoms with Crippen LogP contribution < -0.4 is 5.73 Å². The van der Waals surface area contributed by atoms with Crippen LogP contribution in [0.4, 0.5) is 5.82 Å². The number of fused-ring (bicyclic) bond motifs is 1. The van der Waals surface area contributed by atoms with Gasteiger partial charge in [-0.1, -0.05) is 38.1 Å². The fourth-order valence-corrected chi connectivity index (χ4v) is 8.46. The van der Waals surface area contributed by atoms with E-state index in [0.717, 1.165) is 79.1 Å². The number of hydrogen-bond donors (Lipinski definition) is 2. The average molecular weight is 631 g/mol. The quantitative estimate of drug-likeness (QED) is 0.173. The lowest BCUT2D eigenvalue weighted by molar-refractivity contribution is 0.118. The Bertz CT molecular complexity index is 1740. The number of aromatic nitrogens is 4. The van der Waals surface area contributed by atoms with Crippen molar-refractivity contribution in [3.63, 3.8) is 0 Å². The minimum Gasteiger partial charge on any atom is -0.468 e. The van der Waals surface area contributed by atoms with E-state index in [1.807, 2.05) is 12.1 Å². The highest BCUT2D eigenvalue weighted by Gasteiger charge is 2.40. The zero-order valence-corrected chi connectivity index (χ0v) is 26.8. The summed E-state index contributed by atoms with van der Waals surface area (Å²) in [5.41, 5.74) is 11.7. The lowest BCUT2D eigenvalue weighted by atomic mass is 9.83. The molecule has 0 spiro atoms. The Morgan fingerprint density at radius 2 is 1.89 bits per heavy atom. The molecule has 1 saturated carbocycles. The molecule has 1 aliphatic carbocycles. The molecule has 4 aromatic heterocycles. The molecule has 7 rings (SSSR count). The number of hydrogen-bond acceptors (Lipinski definition) is 8. The van der Waals surface area contributed by atoms with Crippen molar-refractivity contribution in [2.75, 3.05) is 18.8 Å². The lowest BCUT2D eigenvalue weighted by Gasteiger charge is -2.34. The average Bonchev–Trinajstić information content (AvgIpc) is 3.81. The summed E-state index contributed by atoms with van der Waals surface area (Å²) in [7, 11) is 0. The van der Waals surface area contributed by atoms with Crippen LogP contribution in [0.1, 0.15) is 74.1 Å². The van der Waals surface area contributed by atoms with Gasteiger partial charge in [-0.15, -0.1) is 11.3 Å². The van der Waals surface area contributed by atoms with E-state index >= 15 is 0 Å². The van der Waals surface area contributed by atoms with Crippen molar-refractivity contribution in [3.05, 3.63) is 82.1 Å². The van der Waals surface area contributed by atoms with E-state index in [1.165, 1.54) is 11.1 Å². The number of rotatable bonds is 8. The number of thiazole rings is 1. The van der Waals surface area contributed by atoms with Gasteiger partial charge in [0.05, 0.1) is 36.0 Å². The van der Waals surface area contributed by atoms with Gasteiger partial charge < -0.3 is 19.8 Å². The van der Waals surface area contributed by atoms with Crippen molar-refractivity contribution in [2.24, 2.45) is 11.8 Å². The first-order chi connectivity index (χ1) is 21.3. The van der Waals surface area contributed by atoms with Crippen LogP contribution in [0, 0.1) is 11.8 Å². The maximum absolute atomic E-state index is 11.4. The summed E-state index contributed by atoms with van der Waals surface area (Å²) in [6.45, 7) is 7.40. The molecule has 2 aliphatic rings. The van der Waals surface area contributed by atoms with Crippen molar-refractivity contribution < 1.29 is 9.52 Å². The van der Waals surface area contributed by atoms with Crippen LogP contribution in [0.15, 0.2) is 58.7 Å². The SMILES string of the molecule is CC(C)c1ccccc1Cc1csc(-c2cn([C@@H]3C[C@H](C4CCN(Cc5ccco5)CC4)C[C@H]3O)c3nc(Cl)nc(N)c23)n1. The van der Waals surface area contributed by atoms with Gasteiger partial charge in [0.1, 0.15) is 22.2 Å². The Labute approximate surface area is 266 Å². The number of benzene rings is 1. The van der Waals surface area contributed by atoms with Crippen LogP contribution in [0.5, 0.6) is 0 Å². The van der Waals surface area contributed by atoms with Crippen molar-refractivity contribution in [3.8, 4) is 10.6 Å². The van der Waals surface area contributed by atoms with Gasteiger partial charge in [0.25, 0.3) is 0 Å². The minimum atomic E-state index is -0.473. The molecule has 5 aromatic rings. The van der Waals surface area contributed by atoms with Gasteiger partial charge >= 0.3 is 0 Å². The Morgan fingerprint density at radius 1 is 1.07 bits per heavy atom. The van der Waals surface area contributed by atoms with Gasteiger partial charge in [-0.2, -0.15) is 4.98 Å². The van der Waals surface area contributed by atoms with Gasteiger partial charge in [-0.05, 0) is 91.4 Å². The second kappa shape index (κ2) is 12.3. The molecular formula is C34H39ClN6O2S. The predicted octanol–water partition coefficient (Wildman–Crippen LogP) is 7.32. The lowest BCUT2D eigenvalue weighted by Crippen LogP contribution is -2.35. The van der Waals surface area contributed by atoms with Gasteiger partial charge in [-0.3, -0.25) is 4.90 Å². The highest BCUT2D eigenvalue weighted by atomic mass is 35.5. The third-order valence-corrected chi connectivity index (χ3v) is 10.7. The zero-order chi connectivity index (χ0) is 30.4. The van der Waals surface area contributed by atoms with E-state index < -0.39 is 6.10 Å². The summed E-state index contributed by atoms with van der Waals surface area (Å²) >= 11 is 7.94. The van der Waals surface area contributed by atoms with E-state index in [4.69, 9.17) is 26.7 Å². The number of likely N-dealkylation sites (tertiary alicyclic amines) is 1. The Kier molecular flexibility index (Phi) is 8.22. The molecule has 1 saturated heterocycles. The van der Waals surface area contributed by atoms with Crippen molar-refractivity contribution in [1.29, 1.82) is 0 Å². The van der Waals surface area contributed by atoms with Gasteiger partial charge in [-0.25, -0.2) is 9.97 Å². The highest BCUT2D eigenvalue weighted by molar-refractivity contribution is 7.13. The van der Waals surface area contributed by atoms with Crippen LogP contribution in [-0.4, -0.2) is 48.7 Å². The molecule has 2 fully saturated rings. The molecule has 0 amide bonds. The number of aliphatic hydroxyl groups is 1. The van der Waals surface area contributed by atoms with E-state index in [1.54, 1.807) is 17.6 Å². The normalized spacial score (nSPS) is 21.6. The van der Waals surface area contributed by atoms with Crippen LogP contribution in [-0.2, 0) is 13.0 Å². The number of nitrogens with two attached hydrogens (primary N) is 1. The van der Waals surface area contributed by atoms with E-state index in [-0.39, 0.29) is 11.3 Å². The largest absolute Gasteiger partial charge is 0.468 e. The number of furan rings is 1. The standard InChI is InChI=1S/C34H39ClN6O2S/c1-20(2)26-8-4-3-6-22(26)14-24-19-44-33(37-24)27-18-41(32-30(27)31(36)38-34(35)39-32)28-15-23(16-29(28)42)21-9-11-40(12-10-21)17-25-7-5-13-43-25/h3-8,13,18-21,23,28-29,42H,9-12,14-17H2,1-2H3,(H2,36,38,39)/t23-,28+,29+/m0/s1. The van der Waals surface area contributed by atoms with Crippen molar-refractivity contribution in [1.82, 2.24) is 24.4 Å². The van der Waals surface area contributed by atoms with Gasteiger partial charge in [0.2, 0.25) is 5.28 Å². The fourth-order valence-electron chi connectivity index (χ4n) is 7.45. The first-order valence-corrected chi connectivity index (χ1v) is 16.9. The molecule has 1 aliphatic heterocycles. The summed E-state index contributed by atoms with van der Waals surface area (Å²) in [5.74, 6) is 2.83. The minimum absolute atomic E-state index is 0.110. The molecule has 1 aromatic carbocycles. The monoisotopic (exact) mass is 630 g/mol. The third kappa shape index (κ3) is 5.78. The number of aliphatic hydroxyl groups excluding tert-OH is 1. The molecule has 0 radical (unpaired) electrons. The summed E-state index contributed by atoms with van der Waals surface area (Å²) in [6.07, 6.45) is 8.04. The molecule has 3 N–H and O–H groups in total. The Hall–Kier alpha value is -3.24. The number of halogens is 1. The van der Waals surface area contributed by atoms with E-state index in [2.05, 4.69) is 69.1 Å². The van der Waals surface area contributed by atoms with Gasteiger partial charge in [0, 0.05) is 23.6 Å². The second-order valence-electron chi connectivity index (χ2n) is 12.8. The molecule has 5 heterocycles. The predicted molar refractivity (Wildman–Crippen MR) is 176 cm³/mol. The van der Waals surface area contributed by atoms with Gasteiger partial charge in [0.15, 0.2) is 0 Å². The Balaban J connectivity index is 1.13. The molecule has 8 nitrogen and oxygen atoms in total. The molecule has 0 bridgehead atoms. The molecule has 230 valence electrons. The molecular weight excluding hydrogens is 592 g/mol. The number of nitrogen functional groups attached to an aromatic ring is 1. The van der Waals surface area contributed by atoms with Crippen LogP contribution >= 0.6 is 22.9 Å². The van der Waals surface area contributed by atoms with Crippen LogP contribution in [0.2, 0.25) is 5.28 Å². The first kappa shape index (κ1) is 29.5. The third-order valence-electron chi connectivity index (χ3n) is 9.65.